The van der Waals surface area contributed by atoms with E-state index in [1.165, 1.54) is 0 Å². The summed E-state index contributed by atoms with van der Waals surface area (Å²) in [4.78, 5) is 33.2. The summed E-state index contributed by atoms with van der Waals surface area (Å²) in [5, 5.41) is 0. The number of rotatable bonds is 5. The molecule has 0 aliphatic carbocycles. The van der Waals surface area contributed by atoms with Gasteiger partial charge in [0.15, 0.2) is 0 Å². The topological polar surface area (TPSA) is 54.0 Å². The van der Waals surface area contributed by atoms with Gasteiger partial charge in [-0.05, 0) is 51.3 Å². The van der Waals surface area contributed by atoms with Gasteiger partial charge in [0.2, 0.25) is 11.6 Å². The highest BCUT2D eigenvalue weighted by molar-refractivity contribution is 9.10. The van der Waals surface area contributed by atoms with Crippen molar-refractivity contribution >= 4 is 21.7 Å². The van der Waals surface area contributed by atoms with E-state index in [2.05, 4.69) is 15.9 Å². The minimum Gasteiger partial charge on any atom is -0.300 e. The van der Waals surface area contributed by atoms with Crippen molar-refractivity contribution in [1.29, 1.82) is 0 Å². The van der Waals surface area contributed by atoms with Crippen molar-refractivity contribution in [3.8, 4) is 0 Å². The molecule has 0 saturated carbocycles. The zero-order valence-electron chi connectivity index (χ0n) is 12.8. The highest BCUT2D eigenvalue weighted by Gasteiger charge is 2.76. The van der Waals surface area contributed by atoms with Crippen LogP contribution in [0.3, 0.4) is 0 Å². The molecule has 5 nitrogen and oxygen atoms in total. The number of hydrogen-bond donors (Lipinski definition) is 0. The van der Waals surface area contributed by atoms with Crippen LogP contribution in [0.15, 0.2) is 28.7 Å². The van der Waals surface area contributed by atoms with Crippen molar-refractivity contribution < 1.29 is 24.3 Å². The lowest BCUT2D eigenvalue weighted by Gasteiger charge is -2.35. The molecule has 2 saturated heterocycles. The molecule has 1 aromatic rings. The van der Waals surface area contributed by atoms with Crippen molar-refractivity contribution in [2.45, 2.75) is 51.6 Å². The van der Waals surface area contributed by atoms with Crippen LogP contribution in [0.1, 0.15) is 39.2 Å². The Morgan fingerprint density at radius 2 is 1.55 bits per heavy atom. The molecule has 120 valence electrons. The van der Waals surface area contributed by atoms with E-state index in [4.69, 9.17) is 19.6 Å². The van der Waals surface area contributed by atoms with Crippen molar-refractivity contribution in [1.82, 2.24) is 0 Å². The van der Waals surface area contributed by atoms with Gasteiger partial charge >= 0.3 is 0 Å². The Morgan fingerprint density at radius 1 is 1.05 bits per heavy atom. The molecule has 2 heterocycles. The smallest absolute Gasteiger partial charge is 0.242 e. The number of carbonyl (C=O) groups is 1. The van der Waals surface area contributed by atoms with Crippen LogP contribution in [0.25, 0.3) is 0 Å². The minimum absolute atomic E-state index is 0.119. The lowest BCUT2D eigenvalue weighted by molar-refractivity contribution is -0.583. The van der Waals surface area contributed by atoms with Gasteiger partial charge in [-0.2, -0.15) is 19.6 Å². The van der Waals surface area contributed by atoms with Gasteiger partial charge in [-0.15, -0.1) is 0 Å². The first kappa shape index (κ1) is 16.1. The molecule has 0 amide bonds. The first-order valence-electron chi connectivity index (χ1n) is 7.28. The summed E-state index contributed by atoms with van der Waals surface area (Å²) < 4.78 is 1.01. The fourth-order valence-electron chi connectivity index (χ4n) is 3.28. The fraction of sp³-hybridized carbons (Fsp3) is 0.562. The molecule has 3 rings (SSSR count). The van der Waals surface area contributed by atoms with E-state index < -0.39 is 17.0 Å². The predicted molar refractivity (Wildman–Crippen MR) is 81.3 cm³/mol. The maximum absolute atomic E-state index is 11.5. The average molecular weight is 371 g/mol. The molecule has 2 fully saturated rings. The summed E-state index contributed by atoms with van der Waals surface area (Å²) in [5.41, 5.74) is 0.506. The molecule has 22 heavy (non-hydrogen) atoms. The molecule has 0 aromatic heterocycles. The number of benzene rings is 1. The van der Waals surface area contributed by atoms with E-state index in [1.807, 2.05) is 24.3 Å². The summed E-state index contributed by atoms with van der Waals surface area (Å²) in [6, 6.07) is 8.03. The average Bonchev–Trinajstić information content (AvgIpc) is 2.81. The molecule has 0 radical (unpaired) electrons. The Balaban J connectivity index is 1.97. The van der Waals surface area contributed by atoms with Gasteiger partial charge in [0, 0.05) is 10.9 Å². The van der Waals surface area contributed by atoms with Crippen LogP contribution in [0.5, 0.6) is 0 Å². The molecule has 2 aliphatic rings. The van der Waals surface area contributed by atoms with Crippen LogP contribution in [0, 0.1) is 5.41 Å². The van der Waals surface area contributed by atoms with Gasteiger partial charge in [0.25, 0.3) is 0 Å². The Kier molecular flexibility index (Phi) is 3.94. The van der Waals surface area contributed by atoms with Gasteiger partial charge in [0.05, 0.1) is 5.41 Å². The molecule has 0 atom stereocenters. The third-order valence-corrected chi connectivity index (χ3v) is 5.31. The van der Waals surface area contributed by atoms with E-state index in [0.29, 0.717) is 19.3 Å². The number of hydrogen-bond acceptors (Lipinski definition) is 5. The molecule has 0 N–H and O–H groups in total. The van der Waals surface area contributed by atoms with Crippen LogP contribution in [-0.2, 0) is 30.8 Å². The number of Topliss-reactive ketones (excluding diaryl/α,β-unsaturated/α-hetero) is 1. The molecule has 2 bridgehead atoms. The van der Waals surface area contributed by atoms with Crippen LogP contribution in [0.4, 0.5) is 0 Å². The summed E-state index contributed by atoms with van der Waals surface area (Å²) in [5.74, 6) is -1.96. The molecule has 6 heteroatoms. The van der Waals surface area contributed by atoms with Gasteiger partial charge in [-0.3, -0.25) is 0 Å². The summed E-state index contributed by atoms with van der Waals surface area (Å²) in [6.45, 7) is 5.17. The van der Waals surface area contributed by atoms with Crippen LogP contribution >= 0.6 is 15.9 Å². The second-order valence-electron chi connectivity index (χ2n) is 6.31. The predicted octanol–water partition coefficient (Wildman–Crippen LogP) is 3.70. The zero-order valence-corrected chi connectivity index (χ0v) is 14.4. The van der Waals surface area contributed by atoms with Crippen molar-refractivity contribution in [3.05, 3.63) is 34.3 Å². The Labute approximate surface area is 137 Å². The second kappa shape index (κ2) is 5.39. The Morgan fingerprint density at radius 3 is 2.00 bits per heavy atom. The van der Waals surface area contributed by atoms with Gasteiger partial charge < -0.3 is 4.79 Å². The fourth-order valence-corrected chi connectivity index (χ4v) is 3.55. The maximum Gasteiger partial charge on any atom is 0.242 e. The SMILES string of the molecule is CC(=O)CCC1(Cc2ccc(Br)cc2)C2(C)OOC1(C)OO2. The number of ketones is 1. The third kappa shape index (κ3) is 2.34. The molecule has 2 aliphatic heterocycles. The first-order valence-corrected chi connectivity index (χ1v) is 8.07. The minimum atomic E-state index is -1.04. The zero-order chi connectivity index (χ0) is 16.0. The lowest BCUT2D eigenvalue weighted by Crippen LogP contribution is -2.49. The van der Waals surface area contributed by atoms with Gasteiger partial charge in [-0.25, -0.2) is 0 Å². The normalized spacial score (nSPS) is 36.7. The third-order valence-electron chi connectivity index (χ3n) is 4.78. The number of halogens is 1. The van der Waals surface area contributed by atoms with E-state index in [0.717, 1.165) is 10.0 Å². The Hall–Kier alpha value is -0.790. The van der Waals surface area contributed by atoms with Gasteiger partial charge in [-0.1, -0.05) is 28.1 Å². The number of fused-ring (bicyclic) bond motifs is 2. The van der Waals surface area contributed by atoms with Gasteiger partial charge in [0.1, 0.15) is 5.78 Å². The summed E-state index contributed by atoms with van der Waals surface area (Å²) >= 11 is 3.44. The second-order valence-corrected chi connectivity index (χ2v) is 7.23. The first-order chi connectivity index (χ1) is 10.3. The Bertz CT molecular complexity index is 557. The van der Waals surface area contributed by atoms with Crippen LogP contribution < -0.4 is 0 Å². The highest BCUT2D eigenvalue weighted by atomic mass is 79.9. The van der Waals surface area contributed by atoms with E-state index in [-0.39, 0.29) is 5.78 Å². The molecule has 0 spiro atoms. The van der Waals surface area contributed by atoms with Crippen molar-refractivity contribution in [2.75, 3.05) is 0 Å². The number of carbonyl (C=O) groups excluding carboxylic acids is 1. The maximum atomic E-state index is 11.5. The van der Waals surface area contributed by atoms with Crippen LogP contribution in [0.2, 0.25) is 0 Å². The van der Waals surface area contributed by atoms with Crippen molar-refractivity contribution in [3.63, 3.8) is 0 Å². The molecule has 1 aromatic carbocycles. The van der Waals surface area contributed by atoms with E-state index >= 15 is 0 Å². The highest BCUT2D eigenvalue weighted by Crippen LogP contribution is 2.62. The monoisotopic (exact) mass is 370 g/mol. The summed E-state index contributed by atoms with van der Waals surface area (Å²) in [6.07, 6.45) is 1.60. The molecular weight excluding hydrogens is 352 g/mol. The quantitative estimate of drug-likeness (QED) is 0.739. The van der Waals surface area contributed by atoms with Crippen molar-refractivity contribution in [2.24, 2.45) is 5.41 Å². The summed E-state index contributed by atoms with van der Waals surface area (Å²) in [7, 11) is 0. The van der Waals surface area contributed by atoms with E-state index in [9.17, 15) is 4.79 Å². The lowest BCUT2D eigenvalue weighted by atomic mass is 9.67. The van der Waals surface area contributed by atoms with E-state index in [1.54, 1.807) is 20.8 Å². The standard InChI is InChI=1S/C16H19BrO5/c1-11(18)8-9-16(10-12-4-6-13(17)7-5-12)14(2)19-21-15(16,3)22-20-14/h4-7H,8-10H2,1-3H3. The molecular formula is C16H19BrO5. The largest absolute Gasteiger partial charge is 0.300 e. The molecule has 0 unspecified atom stereocenters. The van der Waals surface area contributed by atoms with Crippen LogP contribution in [-0.4, -0.2) is 17.4 Å².